The van der Waals surface area contributed by atoms with Gasteiger partial charge in [-0.2, -0.15) is 0 Å². The number of sulfonamides is 1. The minimum absolute atomic E-state index is 0.0170. The first-order valence-electron chi connectivity index (χ1n) is 14.0. The molecule has 0 spiro atoms. The van der Waals surface area contributed by atoms with E-state index in [0.29, 0.717) is 22.5 Å². The Hall–Kier alpha value is -3.42. The van der Waals surface area contributed by atoms with Crippen LogP contribution >= 0.6 is 0 Å². The van der Waals surface area contributed by atoms with Crippen molar-refractivity contribution >= 4 is 34.2 Å². The minimum atomic E-state index is -3.66. The fourth-order valence-electron chi connectivity index (χ4n) is 4.38. The van der Waals surface area contributed by atoms with E-state index in [-0.39, 0.29) is 37.2 Å². The predicted molar refractivity (Wildman–Crippen MR) is 159 cm³/mol. The molecule has 2 atom stereocenters. The highest BCUT2D eigenvalue weighted by Crippen LogP contribution is 2.34. The molecule has 1 aliphatic rings. The number of carbonyl (C=O) groups excluding carboxylic acids is 2. The molecule has 1 aliphatic heterocycles. The lowest BCUT2D eigenvalue weighted by molar-refractivity contribution is -0.290. The zero-order valence-electron chi connectivity index (χ0n) is 25.8. The van der Waals surface area contributed by atoms with Crippen molar-refractivity contribution in [1.29, 1.82) is 0 Å². The van der Waals surface area contributed by atoms with E-state index in [2.05, 4.69) is 9.97 Å². The number of rotatable bonds is 10. The highest BCUT2D eigenvalue weighted by molar-refractivity contribution is 7.92. The number of aromatic nitrogens is 2. The van der Waals surface area contributed by atoms with Crippen molar-refractivity contribution in [3.05, 3.63) is 47.4 Å². The Bertz CT molecular complexity index is 1440. The van der Waals surface area contributed by atoms with Crippen LogP contribution in [-0.2, 0) is 33.8 Å². The number of anilines is 1. The Labute approximate surface area is 252 Å². The summed E-state index contributed by atoms with van der Waals surface area (Å²) in [6.45, 7) is 11.1. The molecule has 1 aromatic heterocycles. The van der Waals surface area contributed by atoms with Crippen LogP contribution in [0.25, 0.3) is 17.3 Å². The fraction of sp³-hybridized carbons (Fsp3) is 0.533. The molecule has 3 rings (SSSR count). The number of esters is 1. The number of nitrogens with zero attached hydrogens (tertiary/aromatic N) is 3. The summed E-state index contributed by atoms with van der Waals surface area (Å²) >= 11 is 0. The molecule has 43 heavy (non-hydrogen) atoms. The summed E-state index contributed by atoms with van der Waals surface area (Å²) in [6, 6.07) is 5.72. The van der Waals surface area contributed by atoms with E-state index in [0.717, 1.165) is 10.6 Å². The van der Waals surface area contributed by atoms with Gasteiger partial charge >= 0.3 is 12.1 Å². The largest absolute Gasteiger partial charge is 0.516 e. The van der Waals surface area contributed by atoms with Crippen molar-refractivity contribution in [1.82, 2.24) is 9.97 Å². The molecule has 0 aliphatic carbocycles. The lowest BCUT2D eigenvalue weighted by atomic mass is 9.97. The Kier molecular flexibility index (Phi) is 11.0. The summed E-state index contributed by atoms with van der Waals surface area (Å²) in [5.41, 5.74) is 2.14. The molecule has 11 nitrogen and oxygen atoms in total. The summed E-state index contributed by atoms with van der Waals surface area (Å²) in [7, 11) is -2.29. The van der Waals surface area contributed by atoms with Crippen molar-refractivity contribution in [2.24, 2.45) is 5.92 Å². The molecule has 13 heteroatoms. The van der Waals surface area contributed by atoms with Crippen LogP contribution in [0.2, 0.25) is 0 Å². The van der Waals surface area contributed by atoms with Gasteiger partial charge in [-0.3, -0.25) is 4.79 Å². The van der Waals surface area contributed by atoms with Gasteiger partial charge in [-0.15, -0.1) is 0 Å². The number of benzene rings is 1. The van der Waals surface area contributed by atoms with Crippen LogP contribution < -0.4 is 4.31 Å². The van der Waals surface area contributed by atoms with E-state index in [9.17, 15) is 22.4 Å². The van der Waals surface area contributed by atoms with Gasteiger partial charge in [0.2, 0.25) is 16.0 Å². The first-order chi connectivity index (χ1) is 19.9. The highest BCUT2D eigenvalue weighted by atomic mass is 32.2. The zero-order valence-corrected chi connectivity index (χ0v) is 26.6. The first-order valence-corrected chi connectivity index (χ1v) is 15.8. The summed E-state index contributed by atoms with van der Waals surface area (Å²) in [5.74, 6) is -2.33. The monoisotopic (exact) mass is 621 g/mol. The van der Waals surface area contributed by atoms with Crippen LogP contribution in [0, 0.1) is 11.7 Å². The van der Waals surface area contributed by atoms with E-state index >= 15 is 0 Å². The van der Waals surface area contributed by atoms with Gasteiger partial charge in [0.25, 0.3) is 0 Å². The second-order valence-electron chi connectivity index (χ2n) is 11.6. The van der Waals surface area contributed by atoms with Crippen LogP contribution in [0.3, 0.4) is 0 Å². The fourth-order valence-corrected chi connectivity index (χ4v) is 4.75. The second-order valence-corrected chi connectivity index (χ2v) is 13.6. The number of hydrogen-bond donors (Lipinski definition) is 0. The van der Waals surface area contributed by atoms with Gasteiger partial charge in [0.05, 0.1) is 42.9 Å². The SMILES string of the molecule is CC(C)COC(=O)OC(=O)CC1CC(C=Cc2c(-c3ccc(F)cc3)nc(N(C)S(C)(=O)=O)nc2C(C)C)OC(C)(C)O1. The standard InChI is InChI=1S/C30H40FN3O8S/c1-18(2)17-39-29(36)40-25(35)16-23-15-22(41-30(5,6)42-23)13-14-24-26(19(3)4)32-28(34(7)43(8,37)38)33-27(24)20-9-11-21(31)12-10-20/h9-14,18-19,22-23H,15-17H2,1-8H3. The molecule has 0 amide bonds. The molecular formula is C30H40FN3O8S. The summed E-state index contributed by atoms with van der Waals surface area (Å²) in [4.78, 5) is 33.4. The van der Waals surface area contributed by atoms with Gasteiger partial charge in [0, 0.05) is 24.6 Å². The van der Waals surface area contributed by atoms with E-state index in [1.54, 1.807) is 38.1 Å². The quantitative estimate of drug-likeness (QED) is 0.249. The first kappa shape index (κ1) is 34.1. The van der Waals surface area contributed by atoms with Crippen molar-refractivity contribution in [3.63, 3.8) is 0 Å². The van der Waals surface area contributed by atoms with Crippen LogP contribution in [0.1, 0.15) is 71.6 Å². The van der Waals surface area contributed by atoms with Gasteiger partial charge in [-0.1, -0.05) is 39.8 Å². The molecule has 0 N–H and O–H groups in total. The number of halogens is 1. The maximum Gasteiger partial charge on any atom is 0.516 e. The van der Waals surface area contributed by atoms with Crippen molar-refractivity contribution in [2.75, 3.05) is 24.2 Å². The Morgan fingerprint density at radius 1 is 1.14 bits per heavy atom. The Balaban J connectivity index is 1.94. The van der Waals surface area contributed by atoms with Crippen LogP contribution in [0.4, 0.5) is 15.1 Å². The Morgan fingerprint density at radius 2 is 1.79 bits per heavy atom. The maximum absolute atomic E-state index is 13.8. The highest BCUT2D eigenvalue weighted by Gasteiger charge is 2.36. The molecular weight excluding hydrogens is 581 g/mol. The lowest BCUT2D eigenvalue weighted by Gasteiger charge is -2.39. The molecule has 1 aromatic carbocycles. The topological polar surface area (TPSA) is 134 Å². The van der Waals surface area contributed by atoms with Crippen LogP contribution in [0.5, 0.6) is 0 Å². The van der Waals surface area contributed by atoms with Crippen LogP contribution in [0.15, 0.2) is 30.3 Å². The third-order valence-electron chi connectivity index (χ3n) is 6.39. The molecule has 2 unspecified atom stereocenters. The van der Waals surface area contributed by atoms with Gasteiger partial charge < -0.3 is 18.9 Å². The predicted octanol–water partition coefficient (Wildman–Crippen LogP) is 5.45. The van der Waals surface area contributed by atoms with E-state index in [1.807, 2.05) is 27.7 Å². The average molecular weight is 622 g/mol. The normalized spacial score (nSPS) is 18.7. The molecule has 0 saturated carbocycles. The van der Waals surface area contributed by atoms with E-state index in [1.165, 1.54) is 19.2 Å². The summed E-state index contributed by atoms with van der Waals surface area (Å²) < 4.78 is 61.1. The van der Waals surface area contributed by atoms with Crippen LogP contribution in [-0.4, -0.2) is 68.4 Å². The number of carbonyl (C=O) groups is 2. The van der Waals surface area contributed by atoms with Gasteiger partial charge in [-0.25, -0.2) is 31.9 Å². The smallest absolute Gasteiger partial charge is 0.434 e. The number of hydrogen-bond acceptors (Lipinski definition) is 10. The lowest BCUT2D eigenvalue weighted by Crippen LogP contribution is -2.44. The third-order valence-corrected chi connectivity index (χ3v) is 7.55. The number of ether oxygens (including phenoxy) is 4. The third kappa shape index (κ3) is 9.80. The average Bonchev–Trinajstić information content (AvgIpc) is 2.88. The summed E-state index contributed by atoms with van der Waals surface area (Å²) in [6.07, 6.45) is 2.51. The van der Waals surface area contributed by atoms with E-state index in [4.69, 9.17) is 18.9 Å². The van der Waals surface area contributed by atoms with Gasteiger partial charge in [0.1, 0.15) is 5.82 Å². The Morgan fingerprint density at radius 3 is 2.37 bits per heavy atom. The molecule has 236 valence electrons. The zero-order chi connectivity index (χ0) is 32.1. The summed E-state index contributed by atoms with van der Waals surface area (Å²) in [5, 5.41) is 0. The molecule has 2 aromatic rings. The molecule has 1 saturated heterocycles. The molecule has 0 radical (unpaired) electrons. The molecule has 2 heterocycles. The van der Waals surface area contributed by atoms with Crippen molar-refractivity contribution in [2.45, 2.75) is 78.3 Å². The van der Waals surface area contributed by atoms with Crippen molar-refractivity contribution in [3.8, 4) is 11.3 Å². The van der Waals surface area contributed by atoms with Crippen molar-refractivity contribution < 1.29 is 41.3 Å². The van der Waals surface area contributed by atoms with Gasteiger partial charge in [0.15, 0.2) is 5.79 Å². The molecule has 1 fully saturated rings. The molecule has 0 bridgehead atoms. The minimum Gasteiger partial charge on any atom is -0.434 e. The van der Waals surface area contributed by atoms with E-state index < -0.39 is 46.0 Å². The second kappa shape index (κ2) is 13.9. The van der Waals surface area contributed by atoms with Gasteiger partial charge in [-0.05, 0) is 49.9 Å². The maximum atomic E-state index is 13.8.